The van der Waals surface area contributed by atoms with Crippen LogP contribution >= 0.6 is 0 Å². The summed E-state index contributed by atoms with van der Waals surface area (Å²) >= 11 is 0. The van der Waals surface area contributed by atoms with Crippen LogP contribution < -0.4 is 10.1 Å². The maximum absolute atomic E-state index is 13.1. The molecule has 0 radical (unpaired) electrons. The van der Waals surface area contributed by atoms with Crippen LogP contribution in [0.4, 0.5) is 20.2 Å². The molecular formula is C23H25F2N3O3. The first-order valence-corrected chi connectivity index (χ1v) is 10.5. The van der Waals surface area contributed by atoms with Gasteiger partial charge in [0.15, 0.2) is 0 Å². The summed E-state index contributed by atoms with van der Waals surface area (Å²) in [5.74, 6) is 0.361. The molecule has 0 spiro atoms. The van der Waals surface area contributed by atoms with Crippen molar-refractivity contribution in [1.29, 1.82) is 0 Å². The van der Waals surface area contributed by atoms with E-state index in [0.29, 0.717) is 43.1 Å². The Labute approximate surface area is 179 Å². The van der Waals surface area contributed by atoms with E-state index in [4.69, 9.17) is 0 Å². The predicted molar refractivity (Wildman–Crippen MR) is 113 cm³/mol. The number of nitrogens with one attached hydrogen (secondary N) is 1. The van der Waals surface area contributed by atoms with Crippen molar-refractivity contribution in [2.24, 2.45) is 5.92 Å². The molecule has 8 heteroatoms. The molecule has 1 heterocycles. The topological polar surface area (TPSA) is 61.9 Å². The number of halogens is 2. The van der Waals surface area contributed by atoms with Crippen molar-refractivity contribution in [1.82, 2.24) is 9.80 Å². The first-order chi connectivity index (χ1) is 15.0. The van der Waals surface area contributed by atoms with Gasteiger partial charge in [0.05, 0.1) is 11.3 Å². The van der Waals surface area contributed by atoms with E-state index in [1.165, 1.54) is 12.1 Å². The number of hydrogen-bond acceptors (Lipinski definition) is 4. The molecule has 4 rings (SSSR count). The standard InChI is InChI=1S/C23H25F2N3O3/c24-23(25)31-18-10-8-17(9-11-18)26-20-7-2-1-6-19(20)22(30)28-14-12-27(13-15-28)21(29)16-4-3-5-16/h1-2,6-11,16,23,26H,3-5,12-15H2. The molecule has 2 amide bonds. The quantitative estimate of drug-likeness (QED) is 0.751. The molecule has 2 aliphatic rings. The van der Waals surface area contributed by atoms with Gasteiger partial charge in [-0.3, -0.25) is 9.59 Å². The van der Waals surface area contributed by atoms with Crippen LogP contribution in [0.1, 0.15) is 29.6 Å². The number of benzene rings is 2. The van der Waals surface area contributed by atoms with Crippen LogP contribution in [0, 0.1) is 5.92 Å². The summed E-state index contributed by atoms with van der Waals surface area (Å²) in [6, 6.07) is 13.3. The molecule has 0 atom stereocenters. The second-order valence-corrected chi connectivity index (χ2v) is 7.82. The Balaban J connectivity index is 1.40. The summed E-state index contributed by atoms with van der Waals surface area (Å²) < 4.78 is 29.0. The molecule has 1 N–H and O–H groups in total. The van der Waals surface area contributed by atoms with Gasteiger partial charge < -0.3 is 19.9 Å². The number of hydrogen-bond donors (Lipinski definition) is 1. The fraction of sp³-hybridized carbons (Fsp3) is 0.391. The fourth-order valence-electron chi connectivity index (χ4n) is 3.87. The minimum absolute atomic E-state index is 0.0687. The molecule has 0 unspecified atom stereocenters. The molecular weight excluding hydrogens is 404 g/mol. The molecule has 0 aromatic heterocycles. The summed E-state index contributed by atoms with van der Waals surface area (Å²) in [6.07, 6.45) is 3.08. The Bertz CT molecular complexity index is 924. The van der Waals surface area contributed by atoms with Crippen molar-refractivity contribution in [3.05, 3.63) is 54.1 Å². The average Bonchev–Trinajstić information content (AvgIpc) is 2.73. The van der Waals surface area contributed by atoms with Gasteiger partial charge in [-0.2, -0.15) is 8.78 Å². The highest BCUT2D eigenvalue weighted by Gasteiger charge is 2.32. The highest BCUT2D eigenvalue weighted by molar-refractivity contribution is 6.00. The van der Waals surface area contributed by atoms with E-state index < -0.39 is 6.61 Å². The summed E-state index contributed by atoms with van der Waals surface area (Å²) in [6.45, 7) is -0.747. The highest BCUT2D eigenvalue weighted by atomic mass is 19.3. The van der Waals surface area contributed by atoms with Crippen LogP contribution in [0.3, 0.4) is 0 Å². The minimum Gasteiger partial charge on any atom is -0.435 e. The van der Waals surface area contributed by atoms with Gasteiger partial charge in [0.2, 0.25) is 5.91 Å². The second kappa shape index (κ2) is 9.32. The van der Waals surface area contributed by atoms with Gasteiger partial charge in [-0.25, -0.2) is 0 Å². The third kappa shape index (κ3) is 4.95. The van der Waals surface area contributed by atoms with Crippen LogP contribution in [-0.2, 0) is 4.79 Å². The molecule has 1 saturated carbocycles. The first kappa shape index (κ1) is 21.1. The van der Waals surface area contributed by atoms with E-state index in [1.54, 1.807) is 35.2 Å². The molecule has 2 fully saturated rings. The van der Waals surface area contributed by atoms with Gasteiger partial charge in [-0.05, 0) is 49.2 Å². The average molecular weight is 429 g/mol. The molecule has 1 saturated heterocycles. The third-order valence-electron chi connectivity index (χ3n) is 5.85. The van der Waals surface area contributed by atoms with E-state index in [-0.39, 0.29) is 23.5 Å². The lowest BCUT2D eigenvalue weighted by Gasteiger charge is -2.38. The van der Waals surface area contributed by atoms with Crippen molar-refractivity contribution < 1.29 is 23.1 Å². The molecule has 6 nitrogen and oxygen atoms in total. The first-order valence-electron chi connectivity index (χ1n) is 10.5. The minimum atomic E-state index is -2.87. The Morgan fingerprint density at radius 1 is 0.935 bits per heavy atom. The van der Waals surface area contributed by atoms with E-state index in [0.717, 1.165) is 19.3 Å². The van der Waals surface area contributed by atoms with Crippen LogP contribution in [0.2, 0.25) is 0 Å². The summed E-state index contributed by atoms with van der Waals surface area (Å²) in [7, 11) is 0. The SMILES string of the molecule is O=C(c1ccccc1Nc1ccc(OC(F)F)cc1)N1CCN(C(=O)C2CCC2)CC1. The van der Waals surface area contributed by atoms with Gasteiger partial charge >= 0.3 is 6.61 Å². The number of carbonyl (C=O) groups excluding carboxylic acids is 2. The van der Waals surface area contributed by atoms with Crippen LogP contribution in [0.15, 0.2) is 48.5 Å². The molecule has 1 aliphatic heterocycles. The molecule has 2 aromatic carbocycles. The maximum atomic E-state index is 13.1. The Morgan fingerprint density at radius 3 is 2.19 bits per heavy atom. The normalized spacial score (nSPS) is 16.7. The fourth-order valence-corrected chi connectivity index (χ4v) is 3.87. The summed E-state index contributed by atoms with van der Waals surface area (Å²) in [5, 5.41) is 3.18. The molecule has 2 aromatic rings. The molecule has 0 bridgehead atoms. The van der Waals surface area contributed by atoms with E-state index in [1.807, 2.05) is 11.0 Å². The van der Waals surface area contributed by atoms with Crippen molar-refractivity contribution in [3.63, 3.8) is 0 Å². The number of piperazine rings is 1. The molecule has 31 heavy (non-hydrogen) atoms. The number of nitrogens with zero attached hydrogens (tertiary/aromatic N) is 2. The third-order valence-corrected chi connectivity index (χ3v) is 5.85. The number of para-hydroxylation sites is 1. The zero-order valence-corrected chi connectivity index (χ0v) is 17.1. The number of carbonyl (C=O) groups is 2. The Kier molecular flexibility index (Phi) is 6.34. The van der Waals surface area contributed by atoms with Crippen molar-refractivity contribution in [2.75, 3.05) is 31.5 Å². The van der Waals surface area contributed by atoms with Gasteiger partial charge in [-0.1, -0.05) is 18.6 Å². The number of anilines is 2. The Hall–Kier alpha value is -3.16. The Morgan fingerprint density at radius 2 is 1.58 bits per heavy atom. The lowest BCUT2D eigenvalue weighted by molar-refractivity contribution is -0.139. The van der Waals surface area contributed by atoms with Crippen LogP contribution in [0.25, 0.3) is 0 Å². The number of amides is 2. The lowest BCUT2D eigenvalue weighted by atomic mass is 9.84. The summed E-state index contributed by atoms with van der Waals surface area (Å²) in [4.78, 5) is 29.2. The largest absolute Gasteiger partial charge is 0.435 e. The van der Waals surface area contributed by atoms with Crippen LogP contribution in [0.5, 0.6) is 5.75 Å². The summed E-state index contributed by atoms with van der Waals surface area (Å²) in [5.41, 5.74) is 1.80. The molecule has 164 valence electrons. The van der Waals surface area contributed by atoms with Gasteiger partial charge in [0.25, 0.3) is 5.91 Å². The van der Waals surface area contributed by atoms with E-state index >= 15 is 0 Å². The molecule has 1 aliphatic carbocycles. The van der Waals surface area contributed by atoms with Crippen LogP contribution in [-0.4, -0.2) is 54.4 Å². The zero-order valence-electron chi connectivity index (χ0n) is 17.1. The smallest absolute Gasteiger partial charge is 0.387 e. The van der Waals surface area contributed by atoms with Crippen molar-refractivity contribution in [2.45, 2.75) is 25.9 Å². The van der Waals surface area contributed by atoms with Crippen molar-refractivity contribution in [3.8, 4) is 5.75 Å². The second-order valence-electron chi connectivity index (χ2n) is 7.82. The van der Waals surface area contributed by atoms with Gasteiger partial charge in [0.1, 0.15) is 5.75 Å². The van der Waals surface area contributed by atoms with E-state index in [2.05, 4.69) is 10.1 Å². The monoisotopic (exact) mass is 429 g/mol. The number of rotatable bonds is 6. The number of ether oxygens (including phenoxy) is 1. The maximum Gasteiger partial charge on any atom is 0.387 e. The lowest BCUT2D eigenvalue weighted by Crippen LogP contribution is -2.52. The predicted octanol–water partition coefficient (Wildman–Crippen LogP) is 4.12. The highest BCUT2D eigenvalue weighted by Crippen LogP contribution is 2.29. The van der Waals surface area contributed by atoms with Crippen molar-refractivity contribution >= 4 is 23.2 Å². The zero-order chi connectivity index (χ0) is 21.8. The number of alkyl halides is 2. The van der Waals surface area contributed by atoms with Gasteiger partial charge in [0, 0.05) is 37.8 Å². The van der Waals surface area contributed by atoms with E-state index in [9.17, 15) is 18.4 Å². The van der Waals surface area contributed by atoms with Gasteiger partial charge in [-0.15, -0.1) is 0 Å².